The summed E-state index contributed by atoms with van der Waals surface area (Å²) in [5, 5.41) is 14.9. The molecule has 0 spiro atoms. The highest BCUT2D eigenvalue weighted by Gasteiger charge is 2.13. The van der Waals surface area contributed by atoms with Gasteiger partial charge in [-0.2, -0.15) is 5.26 Å². The SMILES string of the molecule is N#Cc1cc(C(=O)NCc2ccccc2)cc(C(=O)NCc2ccccc2)c1. The molecule has 0 saturated heterocycles. The molecule has 0 aromatic heterocycles. The first-order valence-electron chi connectivity index (χ1n) is 8.85. The lowest BCUT2D eigenvalue weighted by Crippen LogP contribution is -2.25. The maximum absolute atomic E-state index is 12.5. The van der Waals surface area contributed by atoms with Crippen LogP contribution in [0.4, 0.5) is 0 Å². The summed E-state index contributed by atoms with van der Waals surface area (Å²) >= 11 is 0. The second-order valence-electron chi connectivity index (χ2n) is 6.25. The van der Waals surface area contributed by atoms with Crippen LogP contribution in [0.1, 0.15) is 37.4 Å². The zero-order valence-electron chi connectivity index (χ0n) is 15.2. The topological polar surface area (TPSA) is 82.0 Å². The van der Waals surface area contributed by atoms with Crippen molar-refractivity contribution in [3.8, 4) is 6.07 Å². The third-order valence-electron chi connectivity index (χ3n) is 4.18. The van der Waals surface area contributed by atoms with Crippen molar-refractivity contribution in [1.29, 1.82) is 5.26 Å². The third kappa shape index (κ3) is 5.05. The summed E-state index contributed by atoms with van der Waals surface area (Å²) in [7, 11) is 0. The Labute approximate surface area is 163 Å². The maximum atomic E-state index is 12.5. The van der Waals surface area contributed by atoms with E-state index in [1.807, 2.05) is 66.7 Å². The van der Waals surface area contributed by atoms with E-state index in [1.54, 1.807) is 0 Å². The summed E-state index contributed by atoms with van der Waals surface area (Å²) in [5.41, 5.74) is 2.75. The molecule has 5 nitrogen and oxygen atoms in total. The fraction of sp³-hybridized carbons (Fsp3) is 0.0870. The molecule has 0 radical (unpaired) electrons. The molecule has 2 amide bonds. The van der Waals surface area contributed by atoms with Crippen LogP contribution in [0.15, 0.2) is 78.9 Å². The van der Waals surface area contributed by atoms with E-state index in [0.717, 1.165) is 11.1 Å². The molecule has 3 rings (SSSR count). The van der Waals surface area contributed by atoms with E-state index in [2.05, 4.69) is 10.6 Å². The fourth-order valence-corrected chi connectivity index (χ4v) is 2.71. The average Bonchev–Trinajstić information content (AvgIpc) is 2.76. The Morgan fingerprint density at radius 2 is 1.14 bits per heavy atom. The van der Waals surface area contributed by atoms with Crippen LogP contribution in [-0.2, 0) is 13.1 Å². The van der Waals surface area contributed by atoms with Gasteiger partial charge >= 0.3 is 0 Å². The van der Waals surface area contributed by atoms with Crippen molar-refractivity contribution in [3.05, 3.63) is 107 Å². The highest BCUT2D eigenvalue weighted by molar-refractivity contribution is 6.00. The zero-order valence-corrected chi connectivity index (χ0v) is 15.2. The number of hydrogen-bond donors (Lipinski definition) is 2. The van der Waals surface area contributed by atoms with Crippen LogP contribution < -0.4 is 10.6 Å². The second-order valence-corrected chi connectivity index (χ2v) is 6.25. The van der Waals surface area contributed by atoms with Crippen LogP contribution in [0.5, 0.6) is 0 Å². The van der Waals surface area contributed by atoms with Gasteiger partial charge in [0.2, 0.25) is 0 Å². The molecule has 2 N–H and O–H groups in total. The summed E-state index contributed by atoms with van der Waals surface area (Å²) in [5.74, 6) is -0.670. The predicted octanol–water partition coefficient (Wildman–Crippen LogP) is 3.42. The molecular formula is C23H19N3O2. The fourth-order valence-electron chi connectivity index (χ4n) is 2.71. The number of rotatable bonds is 6. The largest absolute Gasteiger partial charge is 0.348 e. The molecule has 28 heavy (non-hydrogen) atoms. The summed E-state index contributed by atoms with van der Waals surface area (Å²) in [4.78, 5) is 25.0. The summed E-state index contributed by atoms with van der Waals surface area (Å²) in [6.45, 7) is 0.734. The Bertz CT molecular complexity index is 935. The molecule has 0 bridgehead atoms. The minimum atomic E-state index is -0.335. The minimum Gasteiger partial charge on any atom is -0.348 e. The van der Waals surface area contributed by atoms with Gasteiger partial charge in [-0.1, -0.05) is 60.7 Å². The Morgan fingerprint density at radius 1 is 0.714 bits per heavy atom. The minimum absolute atomic E-state index is 0.261. The van der Waals surface area contributed by atoms with Gasteiger partial charge in [-0.25, -0.2) is 0 Å². The number of nitriles is 1. The zero-order chi connectivity index (χ0) is 19.8. The average molecular weight is 369 g/mol. The first-order valence-corrected chi connectivity index (χ1v) is 8.85. The van der Waals surface area contributed by atoms with Gasteiger partial charge in [-0.15, -0.1) is 0 Å². The molecule has 3 aromatic rings. The highest BCUT2D eigenvalue weighted by Crippen LogP contribution is 2.11. The van der Waals surface area contributed by atoms with Gasteiger partial charge in [0.15, 0.2) is 0 Å². The molecule has 138 valence electrons. The standard InChI is InChI=1S/C23H19N3O2/c24-14-19-11-20(22(27)25-15-17-7-3-1-4-8-17)13-21(12-19)23(28)26-16-18-9-5-2-6-10-18/h1-13H,15-16H2,(H,25,27)(H,26,28). The maximum Gasteiger partial charge on any atom is 0.251 e. The van der Waals surface area contributed by atoms with Crippen molar-refractivity contribution in [2.24, 2.45) is 0 Å². The van der Waals surface area contributed by atoms with Crippen LogP contribution >= 0.6 is 0 Å². The quantitative estimate of drug-likeness (QED) is 0.698. The van der Waals surface area contributed by atoms with E-state index >= 15 is 0 Å². The Morgan fingerprint density at radius 3 is 1.54 bits per heavy atom. The molecule has 0 fully saturated rings. The van der Waals surface area contributed by atoms with Crippen LogP contribution in [0.3, 0.4) is 0 Å². The van der Waals surface area contributed by atoms with E-state index in [0.29, 0.717) is 13.1 Å². The summed E-state index contributed by atoms with van der Waals surface area (Å²) in [6.07, 6.45) is 0. The number of carbonyl (C=O) groups is 2. The van der Waals surface area contributed by atoms with Crippen molar-refractivity contribution >= 4 is 11.8 Å². The van der Waals surface area contributed by atoms with Crippen molar-refractivity contribution < 1.29 is 9.59 Å². The van der Waals surface area contributed by atoms with Gasteiger partial charge < -0.3 is 10.6 Å². The van der Waals surface area contributed by atoms with Gasteiger partial charge in [0.1, 0.15) is 0 Å². The van der Waals surface area contributed by atoms with Crippen LogP contribution in [0, 0.1) is 11.3 Å². The number of benzene rings is 3. The number of nitrogens with zero attached hydrogens (tertiary/aromatic N) is 1. The third-order valence-corrected chi connectivity index (χ3v) is 4.18. The Balaban J connectivity index is 1.71. The van der Waals surface area contributed by atoms with Gasteiger partial charge in [0, 0.05) is 24.2 Å². The number of nitrogens with one attached hydrogen (secondary N) is 2. The highest BCUT2D eigenvalue weighted by atomic mass is 16.2. The first-order chi connectivity index (χ1) is 13.7. The molecule has 0 heterocycles. The van der Waals surface area contributed by atoms with Crippen molar-refractivity contribution in [1.82, 2.24) is 10.6 Å². The monoisotopic (exact) mass is 369 g/mol. The van der Waals surface area contributed by atoms with Gasteiger partial charge in [-0.05, 0) is 29.3 Å². The number of hydrogen-bond acceptors (Lipinski definition) is 3. The van der Waals surface area contributed by atoms with E-state index in [1.165, 1.54) is 18.2 Å². The Kier molecular flexibility index (Phi) is 6.17. The van der Waals surface area contributed by atoms with E-state index in [9.17, 15) is 14.9 Å². The van der Waals surface area contributed by atoms with Crippen LogP contribution in [0.2, 0.25) is 0 Å². The molecule has 0 aliphatic carbocycles. The normalized spacial score (nSPS) is 9.96. The Hall–Kier alpha value is -3.91. The van der Waals surface area contributed by atoms with Gasteiger partial charge in [0.05, 0.1) is 11.6 Å². The summed E-state index contributed by atoms with van der Waals surface area (Å²) < 4.78 is 0. The van der Waals surface area contributed by atoms with Gasteiger partial charge in [0.25, 0.3) is 11.8 Å². The lowest BCUT2D eigenvalue weighted by atomic mass is 10.0. The molecule has 5 heteroatoms. The molecule has 0 unspecified atom stereocenters. The molecular weight excluding hydrogens is 350 g/mol. The molecule has 0 aliphatic heterocycles. The van der Waals surface area contributed by atoms with E-state index in [-0.39, 0.29) is 28.5 Å². The van der Waals surface area contributed by atoms with Crippen LogP contribution in [0.25, 0.3) is 0 Å². The van der Waals surface area contributed by atoms with Crippen molar-refractivity contribution in [3.63, 3.8) is 0 Å². The predicted molar refractivity (Wildman–Crippen MR) is 106 cm³/mol. The van der Waals surface area contributed by atoms with Crippen LogP contribution in [-0.4, -0.2) is 11.8 Å². The smallest absolute Gasteiger partial charge is 0.251 e. The lowest BCUT2D eigenvalue weighted by molar-refractivity contribution is 0.0950. The second kappa shape index (κ2) is 9.15. The van der Waals surface area contributed by atoms with Crippen molar-refractivity contribution in [2.45, 2.75) is 13.1 Å². The molecule has 0 aliphatic rings. The van der Waals surface area contributed by atoms with E-state index < -0.39 is 0 Å². The molecule has 0 saturated carbocycles. The summed E-state index contributed by atoms with van der Waals surface area (Å²) in [6, 6.07) is 25.5. The first kappa shape index (κ1) is 18.9. The number of carbonyl (C=O) groups excluding carboxylic acids is 2. The van der Waals surface area contributed by atoms with Crippen molar-refractivity contribution in [2.75, 3.05) is 0 Å². The number of amides is 2. The van der Waals surface area contributed by atoms with E-state index in [4.69, 9.17) is 0 Å². The molecule has 3 aromatic carbocycles. The lowest BCUT2D eigenvalue weighted by Gasteiger charge is -2.09. The molecule has 0 atom stereocenters. The van der Waals surface area contributed by atoms with Gasteiger partial charge in [-0.3, -0.25) is 9.59 Å².